The third-order valence-corrected chi connectivity index (χ3v) is 7.49. The second-order valence-electron chi connectivity index (χ2n) is 8.38. The molecule has 1 amide bonds. The normalized spacial score (nSPS) is 20.3. The maximum Gasteiger partial charge on any atom is 0.272 e. The quantitative estimate of drug-likeness (QED) is 0.449. The lowest BCUT2D eigenvalue weighted by Gasteiger charge is -2.24. The van der Waals surface area contributed by atoms with Crippen LogP contribution in [0.15, 0.2) is 53.6 Å². The Balaban J connectivity index is 1.55. The standard InChI is InChI=1S/C24H25FN6O3S/c1-15(34-14-16-6-4-3-5-7-16)20-9-8-19-21(35(27,33)30-20)13-31(2)23(19)24(32)29-17-10-18(12-26)28-22(25)11-17/h3-7,10-11,13,15,20H,8-9,14H2,1-2H3,(H2,27,30,33)(H,28,29,32)/t15?,20-,35?/m1/s1. The molecule has 0 saturated carbocycles. The molecular formula is C24H25FN6O3S. The van der Waals surface area contributed by atoms with Crippen LogP contribution in [-0.2, 0) is 34.7 Å². The molecule has 1 aliphatic rings. The van der Waals surface area contributed by atoms with E-state index in [1.807, 2.05) is 37.3 Å². The van der Waals surface area contributed by atoms with Gasteiger partial charge in [-0.2, -0.15) is 9.65 Å². The van der Waals surface area contributed by atoms with Crippen LogP contribution in [0.1, 0.15) is 40.7 Å². The van der Waals surface area contributed by atoms with Crippen LogP contribution in [0.5, 0.6) is 0 Å². The van der Waals surface area contributed by atoms with Gasteiger partial charge in [-0.1, -0.05) is 30.3 Å². The van der Waals surface area contributed by atoms with Gasteiger partial charge in [0.25, 0.3) is 5.91 Å². The van der Waals surface area contributed by atoms with Crippen molar-refractivity contribution < 1.29 is 18.1 Å². The van der Waals surface area contributed by atoms with Gasteiger partial charge >= 0.3 is 0 Å². The highest BCUT2D eigenvalue weighted by Gasteiger charge is 2.33. The molecule has 0 radical (unpaired) electrons. The van der Waals surface area contributed by atoms with Gasteiger partial charge in [-0.05, 0) is 31.4 Å². The molecular weight excluding hydrogens is 471 g/mol. The Bertz CT molecular complexity index is 1400. The molecule has 182 valence electrons. The van der Waals surface area contributed by atoms with Gasteiger partial charge in [-0.3, -0.25) is 4.79 Å². The van der Waals surface area contributed by atoms with E-state index in [0.29, 0.717) is 25.0 Å². The predicted molar refractivity (Wildman–Crippen MR) is 127 cm³/mol. The van der Waals surface area contributed by atoms with E-state index < -0.39 is 21.8 Å². The smallest absolute Gasteiger partial charge is 0.272 e. The third-order valence-electron chi connectivity index (χ3n) is 5.88. The Morgan fingerprint density at radius 2 is 2.17 bits per heavy atom. The van der Waals surface area contributed by atoms with Gasteiger partial charge in [0.15, 0.2) is 0 Å². The second-order valence-corrected chi connectivity index (χ2v) is 10.2. The summed E-state index contributed by atoms with van der Waals surface area (Å²) in [6.45, 7) is 2.25. The van der Waals surface area contributed by atoms with Gasteiger partial charge in [-0.25, -0.2) is 18.7 Å². The van der Waals surface area contributed by atoms with Crippen LogP contribution < -0.4 is 10.0 Å². The van der Waals surface area contributed by atoms with E-state index in [9.17, 15) is 13.4 Å². The average molecular weight is 497 g/mol. The molecule has 0 spiro atoms. The zero-order valence-electron chi connectivity index (χ0n) is 19.2. The zero-order valence-corrected chi connectivity index (χ0v) is 20.1. The minimum absolute atomic E-state index is 0.0770. The van der Waals surface area contributed by atoms with Crippen LogP contribution in [0.25, 0.3) is 0 Å². The van der Waals surface area contributed by atoms with E-state index in [0.717, 1.165) is 11.6 Å². The van der Waals surface area contributed by atoms with Crippen LogP contribution in [0.3, 0.4) is 0 Å². The number of pyridine rings is 1. The Hall–Kier alpha value is -3.59. The number of nitrogens with one attached hydrogen (secondary N) is 3. The molecule has 1 aliphatic heterocycles. The summed E-state index contributed by atoms with van der Waals surface area (Å²) in [5.41, 5.74) is 1.63. The number of aromatic nitrogens is 2. The van der Waals surface area contributed by atoms with E-state index in [2.05, 4.69) is 15.0 Å². The number of ether oxygens (including phenoxy) is 1. The average Bonchev–Trinajstić information content (AvgIpc) is 3.11. The summed E-state index contributed by atoms with van der Waals surface area (Å²) >= 11 is 0. The Morgan fingerprint density at radius 3 is 2.89 bits per heavy atom. The maximum atomic E-state index is 13.7. The molecule has 3 atom stereocenters. The molecule has 35 heavy (non-hydrogen) atoms. The first kappa shape index (κ1) is 24.5. The number of benzene rings is 1. The van der Waals surface area contributed by atoms with E-state index in [-0.39, 0.29) is 34.1 Å². The van der Waals surface area contributed by atoms with Crippen molar-refractivity contribution in [3.8, 4) is 6.07 Å². The summed E-state index contributed by atoms with van der Waals surface area (Å²) in [7, 11) is -1.80. The molecule has 0 bridgehead atoms. The van der Waals surface area contributed by atoms with Gasteiger partial charge in [0.1, 0.15) is 27.4 Å². The van der Waals surface area contributed by atoms with Gasteiger partial charge in [0.2, 0.25) is 5.95 Å². The third kappa shape index (κ3) is 5.40. The van der Waals surface area contributed by atoms with Crippen molar-refractivity contribution >= 4 is 21.5 Å². The highest BCUT2D eigenvalue weighted by atomic mass is 32.2. The van der Waals surface area contributed by atoms with Crippen molar-refractivity contribution in [1.82, 2.24) is 14.3 Å². The summed E-state index contributed by atoms with van der Waals surface area (Å²) in [5.74, 6) is -1.46. The summed E-state index contributed by atoms with van der Waals surface area (Å²) < 4.78 is 46.0. The molecule has 3 aromatic rings. The first-order valence-electron chi connectivity index (χ1n) is 11.0. The summed E-state index contributed by atoms with van der Waals surface area (Å²) in [6.07, 6.45) is 2.06. The molecule has 0 saturated heterocycles. The Morgan fingerprint density at radius 1 is 1.43 bits per heavy atom. The van der Waals surface area contributed by atoms with Crippen molar-refractivity contribution in [1.29, 1.82) is 10.0 Å². The van der Waals surface area contributed by atoms with Crippen molar-refractivity contribution in [2.75, 3.05) is 5.32 Å². The summed E-state index contributed by atoms with van der Waals surface area (Å²) in [5, 5.41) is 11.6. The van der Waals surface area contributed by atoms with Crippen LogP contribution in [0.4, 0.5) is 10.1 Å². The van der Waals surface area contributed by atoms with Crippen LogP contribution in [0, 0.1) is 22.1 Å². The van der Waals surface area contributed by atoms with Crippen LogP contribution in [0.2, 0.25) is 0 Å². The number of carbonyl (C=O) groups excluding carboxylic acids is 1. The minimum Gasteiger partial charge on any atom is -0.372 e. The van der Waals surface area contributed by atoms with Crippen LogP contribution >= 0.6 is 0 Å². The number of anilines is 1. The topological polar surface area (TPSA) is 133 Å². The number of aryl methyl sites for hydroxylation is 1. The van der Waals surface area contributed by atoms with E-state index in [1.54, 1.807) is 13.1 Å². The number of nitrogens with zero attached hydrogens (tertiary/aromatic N) is 3. The number of amides is 1. The molecule has 2 aromatic heterocycles. The SMILES string of the molecule is CC(OCc1ccccc1)[C@H]1CCc2c(cn(C)c2C(=O)Nc2cc(F)nc(C#N)c2)S(=N)(=O)N1. The number of fused-ring (bicyclic) bond motifs is 1. The Kier molecular flexibility index (Phi) is 6.98. The molecule has 2 unspecified atom stereocenters. The van der Waals surface area contributed by atoms with Gasteiger partial charge < -0.3 is 14.6 Å². The number of rotatable bonds is 6. The molecule has 11 heteroatoms. The summed E-state index contributed by atoms with van der Waals surface area (Å²) in [6, 6.07) is 13.3. The molecule has 1 aromatic carbocycles. The van der Waals surface area contributed by atoms with Crippen molar-refractivity contribution in [2.24, 2.45) is 7.05 Å². The van der Waals surface area contributed by atoms with Crippen LogP contribution in [-0.4, -0.2) is 31.8 Å². The predicted octanol–water partition coefficient (Wildman–Crippen LogP) is 3.51. The maximum absolute atomic E-state index is 13.7. The van der Waals surface area contributed by atoms with Crippen molar-refractivity contribution in [2.45, 2.75) is 43.4 Å². The molecule has 3 N–H and O–H groups in total. The molecule has 4 rings (SSSR count). The minimum atomic E-state index is -3.42. The van der Waals surface area contributed by atoms with Gasteiger partial charge in [0, 0.05) is 36.6 Å². The second kappa shape index (κ2) is 9.95. The molecule has 3 heterocycles. The number of carbonyl (C=O) groups is 1. The van der Waals surface area contributed by atoms with Gasteiger partial charge in [-0.15, -0.1) is 0 Å². The highest BCUT2D eigenvalue weighted by Crippen LogP contribution is 2.29. The largest absolute Gasteiger partial charge is 0.372 e. The highest BCUT2D eigenvalue weighted by molar-refractivity contribution is 7.90. The Labute approximate surface area is 203 Å². The van der Waals surface area contributed by atoms with E-state index >= 15 is 0 Å². The van der Waals surface area contributed by atoms with Crippen molar-refractivity contribution in [3.63, 3.8) is 0 Å². The summed E-state index contributed by atoms with van der Waals surface area (Å²) in [4.78, 5) is 16.8. The fourth-order valence-corrected chi connectivity index (χ4v) is 5.85. The fourth-order valence-electron chi connectivity index (χ4n) is 4.14. The number of nitriles is 1. The molecule has 9 nitrogen and oxygen atoms in total. The first-order valence-corrected chi connectivity index (χ1v) is 12.5. The van der Waals surface area contributed by atoms with Crippen molar-refractivity contribution in [3.05, 3.63) is 77.1 Å². The number of hydrogen-bond acceptors (Lipinski definition) is 6. The van der Waals surface area contributed by atoms with E-state index in [4.69, 9.17) is 14.8 Å². The molecule has 0 fully saturated rings. The lowest BCUT2D eigenvalue weighted by Crippen LogP contribution is -2.41. The first-order chi connectivity index (χ1) is 16.7. The molecule has 0 aliphatic carbocycles. The van der Waals surface area contributed by atoms with E-state index in [1.165, 1.54) is 16.8 Å². The lowest BCUT2D eigenvalue weighted by molar-refractivity contribution is 0.0308. The lowest BCUT2D eigenvalue weighted by atomic mass is 10.0. The zero-order chi connectivity index (χ0) is 25.2. The van der Waals surface area contributed by atoms with Gasteiger partial charge in [0.05, 0.1) is 17.6 Å². The fraction of sp³-hybridized carbons (Fsp3) is 0.292. The number of hydrogen-bond donors (Lipinski definition) is 3. The monoisotopic (exact) mass is 496 g/mol. The number of halogens is 1.